The molecule has 8 heteroatoms. The van der Waals surface area contributed by atoms with Crippen LogP contribution in [0.4, 0.5) is 5.69 Å². The molecule has 0 saturated carbocycles. The summed E-state index contributed by atoms with van der Waals surface area (Å²) in [6.07, 6.45) is 2.96. The molecule has 0 bridgehead atoms. The lowest BCUT2D eigenvalue weighted by Gasteiger charge is -2.31. The molecule has 0 atom stereocenters. The minimum Gasteiger partial charge on any atom is -0.314 e. The zero-order valence-corrected chi connectivity index (χ0v) is 13.5. The molecule has 8 nitrogen and oxygen atoms in total. The van der Waals surface area contributed by atoms with E-state index in [-0.39, 0.29) is 5.91 Å². The van der Waals surface area contributed by atoms with Gasteiger partial charge in [0.15, 0.2) is 5.71 Å². The van der Waals surface area contributed by atoms with Gasteiger partial charge < -0.3 is 5.32 Å². The van der Waals surface area contributed by atoms with Crippen LogP contribution in [0.2, 0.25) is 0 Å². The number of anilines is 1. The Labute approximate surface area is 139 Å². The molecule has 0 aliphatic carbocycles. The smallest absolute Gasteiger partial charge is 0.280 e. The average molecular weight is 325 g/mol. The molecule has 3 heterocycles. The molecule has 0 unspecified atom stereocenters. The number of hydrogen-bond donors (Lipinski definition) is 1. The van der Waals surface area contributed by atoms with Crippen LogP contribution in [-0.2, 0) is 4.79 Å². The van der Waals surface area contributed by atoms with Crippen molar-refractivity contribution in [1.82, 2.24) is 25.1 Å². The zero-order chi connectivity index (χ0) is 16.5. The van der Waals surface area contributed by atoms with Gasteiger partial charge in [-0.15, -0.1) is 10.2 Å². The first-order valence-corrected chi connectivity index (χ1v) is 8.02. The summed E-state index contributed by atoms with van der Waals surface area (Å²) < 4.78 is 1.47. The van der Waals surface area contributed by atoms with Crippen molar-refractivity contribution in [2.75, 3.05) is 37.7 Å². The van der Waals surface area contributed by atoms with E-state index in [4.69, 9.17) is 0 Å². The molecule has 0 spiro atoms. The van der Waals surface area contributed by atoms with Crippen molar-refractivity contribution in [1.29, 1.82) is 0 Å². The lowest BCUT2D eigenvalue weighted by atomic mass is 10.1. The molecule has 124 valence electrons. The van der Waals surface area contributed by atoms with Gasteiger partial charge in [0.25, 0.3) is 5.91 Å². The quantitative estimate of drug-likeness (QED) is 0.863. The van der Waals surface area contributed by atoms with E-state index in [0.717, 1.165) is 43.0 Å². The second kappa shape index (κ2) is 6.14. The fraction of sp³-hybridized carbons (Fsp3) is 0.375. The summed E-state index contributed by atoms with van der Waals surface area (Å²) >= 11 is 0. The Morgan fingerprint density at radius 2 is 1.96 bits per heavy atom. The van der Waals surface area contributed by atoms with Crippen LogP contribution in [0, 0.1) is 6.92 Å². The monoisotopic (exact) mass is 325 g/mol. The maximum absolute atomic E-state index is 13.0. The number of benzene rings is 1. The van der Waals surface area contributed by atoms with Gasteiger partial charge in [0.2, 0.25) is 0 Å². The fourth-order valence-corrected chi connectivity index (χ4v) is 3.08. The van der Waals surface area contributed by atoms with Crippen LogP contribution in [0.5, 0.6) is 0 Å². The topological polar surface area (TPSA) is 78.7 Å². The van der Waals surface area contributed by atoms with E-state index in [2.05, 4.69) is 25.5 Å². The number of nitrogens with zero attached hydrogens (tertiary/aromatic N) is 6. The molecular weight excluding hydrogens is 306 g/mol. The number of amides is 1. The Bertz CT molecular complexity index is 778. The minimum atomic E-state index is -0.0807. The Kier molecular flexibility index (Phi) is 3.83. The molecule has 4 rings (SSSR count). The van der Waals surface area contributed by atoms with Crippen LogP contribution in [0.3, 0.4) is 0 Å². The van der Waals surface area contributed by atoms with Crippen molar-refractivity contribution in [3.8, 4) is 0 Å². The van der Waals surface area contributed by atoms with E-state index < -0.39 is 0 Å². The highest BCUT2D eigenvalue weighted by Crippen LogP contribution is 2.30. The third kappa shape index (κ3) is 2.70. The molecule has 2 aromatic rings. The summed E-state index contributed by atoms with van der Waals surface area (Å²) in [6, 6.07) is 6.03. The van der Waals surface area contributed by atoms with Gasteiger partial charge in [-0.3, -0.25) is 14.6 Å². The fourth-order valence-electron chi connectivity index (χ4n) is 3.08. The van der Waals surface area contributed by atoms with Crippen LogP contribution < -0.4 is 10.2 Å². The van der Waals surface area contributed by atoms with Gasteiger partial charge in [-0.05, 0) is 19.1 Å². The van der Waals surface area contributed by atoms with Gasteiger partial charge in [0.05, 0.1) is 12.4 Å². The van der Waals surface area contributed by atoms with E-state index in [1.165, 1.54) is 17.3 Å². The van der Waals surface area contributed by atoms with Crippen LogP contribution in [0.25, 0.3) is 0 Å². The number of carbonyl (C=O) groups excluding carboxylic acids is 1. The van der Waals surface area contributed by atoms with Crippen molar-refractivity contribution < 1.29 is 4.79 Å². The molecule has 1 amide bonds. The first-order chi connectivity index (χ1) is 11.7. The van der Waals surface area contributed by atoms with Crippen molar-refractivity contribution in [2.24, 2.45) is 5.10 Å². The summed E-state index contributed by atoms with van der Waals surface area (Å²) in [5.74, 6) is -0.0807. The van der Waals surface area contributed by atoms with Gasteiger partial charge in [0, 0.05) is 31.7 Å². The standard InChI is InChI=1S/C16H19N7O/c1-12-2-3-14-13(8-12)15(20-22-9-18-19-10-22)16(24)23(14)11-21-6-4-17-5-7-21/h2-3,8-10,17H,4-7,11H2,1H3/b20-15-. The molecule has 1 aromatic heterocycles. The third-order valence-corrected chi connectivity index (χ3v) is 4.32. The zero-order valence-electron chi connectivity index (χ0n) is 13.5. The molecule has 24 heavy (non-hydrogen) atoms. The lowest BCUT2D eigenvalue weighted by molar-refractivity contribution is -0.112. The number of carbonyl (C=O) groups is 1. The van der Waals surface area contributed by atoms with E-state index in [0.29, 0.717) is 12.4 Å². The summed E-state index contributed by atoms with van der Waals surface area (Å²) in [4.78, 5) is 17.1. The number of aromatic nitrogens is 3. The van der Waals surface area contributed by atoms with Gasteiger partial charge >= 0.3 is 0 Å². The van der Waals surface area contributed by atoms with Crippen molar-refractivity contribution >= 4 is 17.3 Å². The van der Waals surface area contributed by atoms with Gasteiger partial charge in [0.1, 0.15) is 12.7 Å². The summed E-state index contributed by atoms with van der Waals surface area (Å²) in [7, 11) is 0. The van der Waals surface area contributed by atoms with E-state index in [1.807, 2.05) is 30.0 Å². The van der Waals surface area contributed by atoms with Gasteiger partial charge in [-0.1, -0.05) is 11.6 Å². The third-order valence-electron chi connectivity index (χ3n) is 4.32. The van der Waals surface area contributed by atoms with E-state index >= 15 is 0 Å². The van der Waals surface area contributed by atoms with Crippen LogP contribution in [0.15, 0.2) is 36.0 Å². The highest BCUT2D eigenvalue weighted by atomic mass is 16.2. The van der Waals surface area contributed by atoms with Crippen LogP contribution in [0.1, 0.15) is 11.1 Å². The van der Waals surface area contributed by atoms with Gasteiger partial charge in [-0.25, -0.2) is 4.68 Å². The summed E-state index contributed by atoms with van der Waals surface area (Å²) in [6.45, 7) is 6.36. The number of hydrogen-bond acceptors (Lipinski definition) is 6. The largest absolute Gasteiger partial charge is 0.314 e. The Balaban J connectivity index is 1.70. The number of aryl methyl sites for hydroxylation is 1. The predicted octanol–water partition coefficient (Wildman–Crippen LogP) is 0.0482. The Hall–Kier alpha value is -2.58. The maximum atomic E-state index is 13.0. The summed E-state index contributed by atoms with van der Waals surface area (Å²) in [5.41, 5.74) is 3.31. The number of fused-ring (bicyclic) bond motifs is 1. The van der Waals surface area contributed by atoms with Gasteiger partial charge in [-0.2, -0.15) is 5.10 Å². The normalized spacial score (nSPS) is 20.0. The molecule has 2 aliphatic heterocycles. The molecule has 1 saturated heterocycles. The van der Waals surface area contributed by atoms with E-state index in [9.17, 15) is 4.79 Å². The molecule has 0 radical (unpaired) electrons. The molecule has 1 fully saturated rings. The Morgan fingerprint density at radius 3 is 2.71 bits per heavy atom. The summed E-state index contributed by atoms with van der Waals surface area (Å²) in [5, 5.41) is 15.2. The number of piperazine rings is 1. The Morgan fingerprint density at radius 1 is 1.21 bits per heavy atom. The minimum absolute atomic E-state index is 0.0807. The highest BCUT2D eigenvalue weighted by molar-refractivity contribution is 6.54. The van der Waals surface area contributed by atoms with Crippen LogP contribution in [-0.4, -0.2) is 64.2 Å². The predicted molar refractivity (Wildman–Crippen MR) is 89.9 cm³/mol. The average Bonchev–Trinajstić information content (AvgIpc) is 3.19. The maximum Gasteiger partial charge on any atom is 0.280 e. The molecule has 1 aromatic carbocycles. The van der Waals surface area contributed by atoms with Crippen molar-refractivity contribution in [3.05, 3.63) is 42.0 Å². The van der Waals surface area contributed by atoms with Crippen molar-refractivity contribution in [2.45, 2.75) is 6.92 Å². The first-order valence-electron chi connectivity index (χ1n) is 8.02. The number of rotatable bonds is 3. The van der Waals surface area contributed by atoms with Crippen molar-refractivity contribution in [3.63, 3.8) is 0 Å². The second-order valence-corrected chi connectivity index (χ2v) is 6.05. The highest BCUT2D eigenvalue weighted by Gasteiger charge is 2.35. The lowest BCUT2D eigenvalue weighted by Crippen LogP contribution is -2.49. The second-order valence-electron chi connectivity index (χ2n) is 6.05. The SMILES string of the molecule is Cc1ccc2c(c1)/C(=N/n1cnnc1)C(=O)N2CN1CCNCC1. The number of nitrogens with one attached hydrogen (secondary N) is 1. The molecular formula is C16H19N7O. The molecule has 1 N–H and O–H groups in total. The first kappa shape index (κ1) is 15.0. The molecule has 2 aliphatic rings. The van der Waals surface area contributed by atoms with E-state index in [1.54, 1.807) is 0 Å². The van der Waals surface area contributed by atoms with Crippen LogP contribution >= 0.6 is 0 Å².